The van der Waals surface area contributed by atoms with Crippen LogP contribution in [0.25, 0.3) is 0 Å². The van der Waals surface area contributed by atoms with Gasteiger partial charge in [-0.3, -0.25) is 0 Å². The number of methoxy groups -OCH3 is 2. The molecule has 80 valence electrons. The van der Waals surface area contributed by atoms with E-state index < -0.39 is 5.60 Å². The van der Waals surface area contributed by atoms with E-state index in [1.807, 2.05) is 18.2 Å². The normalized spacial score (nSPS) is 31.4. The van der Waals surface area contributed by atoms with Gasteiger partial charge in [0.05, 0.1) is 13.0 Å². The van der Waals surface area contributed by atoms with Crippen molar-refractivity contribution in [3.05, 3.63) is 24.0 Å². The summed E-state index contributed by atoms with van der Waals surface area (Å²) in [7, 11) is 3.26. The molecule has 0 bridgehead atoms. The quantitative estimate of drug-likeness (QED) is 0.699. The lowest BCUT2D eigenvalue weighted by molar-refractivity contribution is 0.0200. The molecular weight excluding hydrogens is 223 g/mol. The van der Waals surface area contributed by atoms with Crippen molar-refractivity contribution in [2.24, 2.45) is 5.92 Å². The summed E-state index contributed by atoms with van der Waals surface area (Å²) in [6.07, 6.45) is 5.71. The molecule has 0 aliphatic heterocycles. The van der Waals surface area contributed by atoms with Crippen LogP contribution in [0.5, 0.6) is 0 Å². The van der Waals surface area contributed by atoms with E-state index in [1.54, 1.807) is 14.2 Å². The van der Waals surface area contributed by atoms with E-state index in [-0.39, 0.29) is 5.92 Å². The summed E-state index contributed by atoms with van der Waals surface area (Å²) in [6, 6.07) is 0. The molecule has 0 saturated carbocycles. The monoisotopic (exact) mass is 236 g/mol. The van der Waals surface area contributed by atoms with Crippen LogP contribution in [-0.2, 0) is 9.47 Å². The van der Waals surface area contributed by atoms with Crippen LogP contribution in [0.3, 0.4) is 0 Å². The predicted octanol–water partition coefficient (Wildman–Crippen LogP) is 2.57. The van der Waals surface area contributed by atoms with Gasteiger partial charge in [0.1, 0.15) is 11.4 Å². The molecule has 0 aromatic heterocycles. The van der Waals surface area contributed by atoms with E-state index in [0.717, 1.165) is 5.76 Å². The van der Waals surface area contributed by atoms with Gasteiger partial charge in [-0.05, 0) is 18.2 Å². The van der Waals surface area contributed by atoms with Gasteiger partial charge in [0.25, 0.3) is 0 Å². The van der Waals surface area contributed by atoms with Crippen LogP contribution in [0, 0.1) is 5.92 Å². The van der Waals surface area contributed by atoms with Crippen LogP contribution in [-0.4, -0.2) is 31.6 Å². The predicted molar refractivity (Wildman–Crippen MR) is 58.9 cm³/mol. The van der Waals surface area contributed by atoms with Gasteiger partial charge in [-0.25, -0.2) is 0 Å². The topological polar surface area (TPSA) is 18.5 Å². The second kappa shape index (κ2) is 5.06. The summed E-state index contributed by atoms with van der Waals surface area (Å²) in [6.45, 7) is 0. The minimum Gasteiger partial charge on any atom is -0.497 e. The van der Waals surface area contributed by atoms with Gasteiger partial charge in [0.15, 0.2) is 0 Å². The first-order valence-electron chi connectivity index (χ1n) is 4.34. The Bertz CT molecular complexity index is 245. The maximum absolute atomic E-state index is 5.90. The average molecular weight is 237 g/mol. The van der Waals surface area contributed by atoms with Crippen LogP contribution in [0.1, 0.15) is 0 Å². The van der Waals surface area contributed by atoms with E-state index in [0.29, 0.717) is 11.8 Å². The van der Waals surface area contributed by atoms with Crippen molar-refractivity contribution in [2.75, 3.05) is 26.0 Å². The molecule has 1 rings (SSSR count). The van der Waals surface area contributed by atoms with Crippen LogP contribution in [0.4, 0.5) is 0 Å². The fourth-order valence-corrected chi connectivity index (χ4v) is 2.22. The molecule has 2 unspecified atom stereocenters. The lowest BCUT2D eigenvalue weighted by Crippen LogP contribution is -2.41. The summed E-state index contributed by atoms with van der Waals surface area (Å²) in [5.41, 5.74) is -0.495. The maximum Gasteiger partial charge on any atom is 0.115 e. The number of allylic oxidation sites excluding steroid dienone is 1. The first-order valence-corrected chi connectivity index (χ1v) is 5.41. The molecule has 0 spiro atoms. The number of hydrogen-bond acceptors (Lipinski definition) is 2. The molecule has 0 N–H and O–H groups in total. The fraction of sp³-hybridized carbons (Fsp3) is 0.600. The minimum atomic E-state index is -0.495. The Balaban J connectivity index is 2.92. The van der Waals surface area contributed by atoms with Gasteiger partial charge >= 0.3 is 0 Å². The zero-order chi connectivity index (χ0) is 10.6. The Morgan fingerprint density at radius 1 is 1.43 bits per heavy atom. The molecule has 0 aromatic carbocycles. The van der Waals surface area contributed by atoms with Crippen LogP contribution >= 0.6 is 23.2 Å². The van der Waals surface area contributed by atoms with Crippen molar-refractivity contribution in [1.82, 2.24) is 0 Å². The van der Waals surface area contributed by atoms with E-state index in [4.69, 9.17) is 32.7 Å². The number of hydrogen-bond donors (Lipinski definition) is 0. The molecule has 1 aliphatic carbocycles. The highest BCUT2D eigenvalue weighted by Gasteiger charge is 2.36. The third-order valence-electron chi connectivity index (χ3n) is 2.51. The first-order chi connectivity index (χ1) is 6.72. The fourth-order valence-electron chi connectivity index (χ4n) is 1.47. The van der Waals surface area contributed by atoms with Crippen molar-refractivity contribution in [3.8, 4) is 0 Å². The second-order valence-corrected chi connectivity index (χ2v) is 3.74. The molecule has 0 heterocycles. The Hall–Kier alpha value is -0.180. The van der Waals surface area contributed by atoms with E-state index in [9.17, 15) is 0 Å². The molecule has 0 saturated heterocycles. The van der Waals surface area contributed by atoms with Gasteiger partial charge in [-0.15, -0.1) is 23.2 Å². The van der Waals surface area contributed by atoms with Crippen molar-refractivity contribution in [1.29, 1.82) is 0 Å². The summed E-state index contributed by atoms with van der Waals surface area (Å²) in [5.74, 6) is 1.68. The van der Waals surface area contributed by atoms with E-state index in [2.05, 4.69) is 0 Å². The number of ether oxygens (including phenoxy) is 2. The third kappa shape index (κ3) is 2.08. The zero-order valence-electron chi connectivity index (χ0n) is 8.30. The zero-order valence-corrected chi connectivity index (χ0v) is 9.81. The molecule has 0 fully saturated rings. The van der Waals surface area contributed by atoms with Crippen LogP contribution in [0.15, 0.2) is 24.0 Å². The van der Waals surface area contributed by atoms with E-state index >= 15 is 0 Å². The number of alkyl halides is 2. The molecule has 0 amide bonds. The summed E-state index contributed by atoms with van der Waals surface area (Å²) < 4.78 is 10.5. The molecule has 2 nitrogen and oxygen atoms in total. The van der Waals surface area contributed by atoms with Gasteiger partial charge < -0.3 is 9.47 Å². The molecular formula is C10H14Cl2O2. The van der Waals surface area contributed by atoms with Crippen molar-refractivity contribution >= 4 is 23.2 Å². The van der Waals surface area contributed by atoms with Crippen molar-refractivity contribution in [3.63, 3.8) is 0 Å². The Kier molecular flexibility index (Phi) is 4.30. The standard InChI is InChI=1S/C10H14Cl2O2/c1-13-9-3-4-10(7-12,14-2)8(5-9)6-11/h3-5,8H,6-7H2,1-2H3. The number of rotatable bonds is 4. The molecule has 0 radical (unpaired) electrons. The second-order valence-electron chi connectivity index (χ2n) is 3.16. The maximum atomic E-state index is 5.90. The highest BCUT2D eigenvalue weighted by Crippen LogP contribution is 2.32. The SMILES string of the molecule is COC1=CC(CCl)C(CCl)(OC)C=C1. The lowest BCUT2D eigenvalue weighted by Gasteiger charge is -2.35. The summed E-state index contributed by atoms with van der Waals surface area (Å²) in [5, 5.41) is 0. The van der Waals surface area contributed by atoms with Gasteiger partial charge in [-0.2, -0.15) is 0 Å². The summed E-state index contributed by atoms with van der Waals surface area (Å²) in [4.78, 5) is 0. The smallest absolute Gasteiger partial charge is 0.115 e. The van der Waals surface area contributed by atoms with Crippen molar-refractivity contribution < 1.29 is 9.47 Å². The molecule has 1 aliphatic rings. The molecule has 4 heteroatoms. The highest BCUT2D eigenvalue weighted by molar-refractivity contribution is 6.19. The van der Waals surface area contributed by atoms with Gasteiger partial charge in [0, 0.05) is 18.9 Å². The molecule has 14 heavy (non-hydrogen) atoms. The molecule has 0 aromatic rings. The van der Waals surface area contributed by atoms with Gasteiger partial charge in [0.2, 0.25) is 0 Å². The van der Waals surface area contributed by atoms with Crippen LogP contribution < -0.4 is 0 Å². The Morgan fingerprint density at radius 3 is 2.57 bits per heavy atom. The largest absolute Gasteiger partial charge is 0.497 e. The highest BCUT2D eigenvalue weighted by atomic mass is 35.5. The third-order valence-corrected chi connectivity index (χ3v) is 3.26. The Labute approximate surface area is 94.5 Å². The number of halogens is 2. The lowest BCUT2D eigenvalue weighted by atomic mass is 9.86. The van der Waals surface area contributed by atoms with Crippen LogP contribution in [0.2, 0.25) is 0 Å². The van der Waals surface area contributed by atoms with E-state index in [1.165, 1.54) is 0 Å². The summed E-state index contributed by atoms with van der Waals surface area (Å²) >= 11 is 11.8. The minimum absolute atomic E-state index is 0.0478. The first kappa shape index (κ1) is 11.9. The van der Waals surface area contributed by atoms with Gasteiger partial charge in [-0.1, -0.05) is 0 Å². The molecule has 2 atom stereocenters. The van der Waals surface area contributed by atoms with Crippen molar-refractivity contribution in [2.45, 2.75) is 5.60 Å². The average Bonchev–Trinajstić information content (AvgIpc) is 2.28. The Morgan fingerprint density at radius 2 is 2.14 bits per heavy atom.